The van der Waals surface area contributed by atoms with E-state index in [1.54, 1.807) is 27.7 Å². The molecule has 0 spiro atoms. The van der Waals surface area contributed by atoms with Gasteiger partial charge in [0, 0.05) is 0 Å². The van der Waals surface area contributed by atoms with Crippen molar-refractivity contribution in [3.05, 3.63) is 35.9 Å². The van der Waals surface area contributed by atoms with Gasteiger partial charge in [0.2, 0.25) is 5.91 Å². The third-order valence-corrected chi connectivity index (χ3v) is 7.28. The molecule has 8 nitrogen and oxygen atoms in total. The van der Waals surface area contributed by atoms with Crippen molar-refractivity contribution in [1.29, 1.82) is 0 Å². The van der Waals surface area contributed by atoms with Gasteiger partial charge in [-0.25, -0.2) is 0 Å². The summed E-state index contributed by atoms with van der Waals surface area (Å²) >= 11 is 0. The largest absolute Gasteiger partial charge is 0.465 e. The summed E-state index contributed by atoms with van der Waals surface area (Å²) in [7, 11) is -3.65. The van der Waals surface area contributed by atoms with Crippen LogP contribution < -0.4 is 0 Å². The second-order valence-corrected chi connectivity index (χ2v) is 9.49. The zero-order valence-electron chi connectivity index (χ0n) is 18.7. The number of ether oxygens (including phenoxy) is 1. The molecular weight excluding hydrogens is 421 g/mol. The SMILES string of the molecule is CCOC(=O)C1(C(=O)CN(C(=O)CP(=O)(OCC)OCC)[C@@H](C)c2ccccc2)CC1. The third kappa shape index (κ3) is 6.25. The van der Waals surface area contributed by atoms with Crippen molar-refractivity contribution in [1.82, 2.24) is 4.90 Å². The van der Waals surface area contributed by atoms with Gasteiger partial charge in [-0.05, 0) is 46.1 Å². The Morgan fingerprint density at radius 1 is 1.03 bits per heavy atom. The molecule has 2 rings (SSSR count). The van der Waals surface area contributed by atoms with Crippen molar-refractivity contribution in [2.45, 2.75) is 46.6 Å². The van der Waals surface area contributed by atoms with Crippen LogP contribution in [0.4, 0.5) is 0 Å². The van der Waals surface area contributed by atoms with Crippen LogP contribution in [0, 0.1) is 5.41 Å². The van der Waals surface area contributed by atoms with E-state index in [4.69, 9.17) is 13.8 Å². The molecule has 1 atom stereocenters. The minimum Gasteiger partial charge on any atom is -0.465 e. The van der Waals surface area contributed by atoms with Crippen LogP contribution in [0.5, 0.6) is 0 Å². The summed E-state index contributed by atoms with van der Waals surface area (Å²) in [5.41, 5.74) is -0.374. The number of nitrogens with zero attached hydrogens (tertiary/aromatic N) is 1. The van der Waals surface area contributed by atoms with Crippen LogP contribution in [0.3, 0.4) is 0 Å². The zero-order valence-corrected chi connectivity index (χ0v) is 19.6. The molecule has 9 heteroatoms. The number of hydrogen-bond donors (Lipinski definition) is 0. The summed E-state index contributed by atoms with van der Waals surface area (Å²) < 4.78 is 28.5. The Hall–Kier alpha value is -2.02. The maximum Gasteiger partial charge on any atom is 0.340 e. The van der Waals surface area contributed by atoms with Gasteiger partial charge in [0.05, 0.1) is 32.4 Å². The molecular formula is C22H32NO7P. The van der Waals surface area contributed by atoms with Crippen LogP contribution in [0.15, 0.2) is 30.3 Å². The second kappa shape index (κ2) is 11.0. The minimum absolute atomic E-state index is 0.129. The molecule has 0 unspecified atom stereocenters. The zero-order chi connectivity index (χ0) is 23.1. The Morgan fingerprint density at radius 2 is 1.61 bits per heavy atom. The van der Waals surface area contributed by atoms with E-state index in [1.807, 2.05) is 30.3 Å². The molecule has 0 heterocycles. The number of ketones is 1. The Balaban J connectivity index is 2.28. The van der Waals surface area contributed by atoms with Gasteiger partial charge in [-0.15, -0.1) is 0 Å². The van der Waals surface area contributed by atoms with Gasteiger partial charge in [0.25, 0.3) is 0 Å². The van der Waals surface area contributed by atoms with Crippen molar-refractivity contribution in [2.75, 3.05) is 32.5 Å². The number of carbonyl (C=O) groups is 3. The molecule has 1 amide bonds. The highest BCUT2D eigenvalue weighted by molar-refractivity contribution is 7.54. The van der Waals surface area contributed by atoms with E-state index in [1.165, 1.54) is 4.90 Å². The molecule has 0 saturated heterocycles. The smallest absolute Gasteiger partial charge is 0.340 e. The lowest BCUT2D eigenvalue weighted by atomic mass is 9.99. The average Bonchev–Trinajstić information content (AvgIpc) is 3.54. The lowest BCUT2D eigenvalue weighted by Crippen LogP contribution is -2.43. The van der Waals surface area contributed by atoms with E-state index in [0.717, 1.165) is 5.56 Å². The molecule has 0 aromatic heterocycles. The third-order valence-electron chi connectivity index (χ3n) is 5.31. The van der Waals surface area contributed by atoms with E-state index >= 15 is 0 Å². The fraction of sp³-hybridized carbons (Fsp3) is 0.591. The number of amides is 1. The Kier molecular flexibility index (Phi) is 8.98. The molecule has 1 aromatic carbocycles. The Bertz CT molecular complexity index is 812. The lowest BCUT2D eigenvalue weighted by molar-refractivity contribution is -0.155. The quantitative estimate of drug-likeness (QED) is 0.255. The molecule has 172 valence electrons. The number of carbonyl (C=O) groups excluding carboxylic acids is 3. The molecule has 0 aliphatic heterocycles. The first-order valence-electron chi connectivity index (χ1n) is 10.7. The highest BCUT2D eigenvalue weighted by Gasteiger charge is 2.57. The van der Waals surface area contributed by atoms with Crippen LogP contribution in [-0.4, -0.2) is 55.1 Å². The molecule has 1 saturated carbocycles. The average molecular weight is 453 g/mol. The van der Waals surface area contributed by atoms with E-state index in [0.29, 0.717) is 12.8 Å². The van der Waals surface area contributed by atoms with Gasteiger partial charge in [0.15, 0.2) is 5.78 Å². The molecule has 31 heavy (non-hydrogen) atoms. The van der Waals surface area contributed by atoms with Crippen molar-refractivity contribution < 1.29 is 32.7 Å². The predicted molar refractivity (Wildman–Crippen MR) is 116 cm³/mol. The standard InChI is InChI=1S/C22H32NO7P/c1-5-28-21(26)22(13-14-22)19(24)15-23(17(4)18-11-9-8-10-12-18)20(25)16-31(27,29-6-2)30-7-3/h8-12,17H,5-7,13-16H2,1-4H3/t17-/m0/s1. The Labute approximate surface area is 183 Å². The highest BCUT2D eigenvalue weighted by Crippen LogP contribution is 2.50. The molecule has 1 aliphatic rings. The maximum absolute atomic E-state index is 13.2. The van der Waals surface area contributed by atoms with E-state index in [2.05, 4.69) is 0 Å². The van der Waals surface area contributed by atoms with Gasteiger partial charge in [-0.3, -0.25) is 18.9 Å². The van der Waals surface area contributed by atoms with Crippen LogP contribution in [-0.2, 0) is 32.7 Å². The maximum atomic E-state index is 13.2. The summed E-state index contributed by atoms with van der Waals surface area (Å²) in [6, 6.07) is 8.74. The summed E-state index contributed by atoms with van der Waals surface area (Å²) in [5, 5.41) is 0. The monoisotopic (exact) mass is 453 g/mol. The normalized spacial score (nSPS) is 15.7. The topological polar surface area (TPSA) is 99.2 Å². The highest BCUT2D eigenvalue weighted by atomic mass is 31.2. The number of rotatable bonds is 13. The predicted octanol–water partition coefficient (Wildman–Crippen LogP) is 3.75. The first-order valence-corrected chi connectivity index (χ1v) is 12.4. The molecule has 1 fully saturated rings. The lowest BCUT2D eigenvalue weighted by Gasteiger charge is -2.31. The number of esters is 1. The van der Waals surface area contributed by atoms with Gasteiger partial charge in [-0.1, -0.05) is 30.3 Å². The van der Waals surface area contributed by atoms with Crippen LogP contribution in [0.25, 0.3) is 0 Å². The molecule has 0 N–H and O–H groups in total. The van der Waals surface area contributed by atoms with Gasteiger partial charge in [-0.2, -0.15) is 0 Å². The van der Waals surface area contributed by atoms with Crippen LogP contribution in [0.1, 0.15) is 52.1 Å². The summed E-state index contributed by atoms with van der Waals surface area (Å²) in [6.45, 7) is 6.96. The second-order valence-electron chi connectivity index (χ2n) is 7.44. The van der Waals surface area contributed by atoms with Crippen molar-refractivity contribution in [3.8, 4) is 0 Å². The summed E-state index contributed by atoms with van der Waals surface area (Å²) in [4.78, 5) is 40.0. The first kappa shape index (κ1) is 25.2. The van der Waals surface area contributed by atoms with Crippen molar-refractivity contribution >= 4 is 25.3 Å². The van der Waals surface area contributed by atoms with Gasteiger partial charge >= 0.3 is 13.6 Å². The van der Waals surface area contributed by atoms with E-state index in [9.17, 15) is 18.9 Å². The van der Waals surface area contributed by atoms with Gasteiger partial charge in [0.1, 0.15) is 11.6 Å². The van der Waals surface area contributed by atoms with Crippen LogP contribution >= 0.6 is 7.60 Å². The number of benzene rings is 1. The van der Waals surface area contributed by atoms with E-state index < -0.39 is 37.1 Å². The van der Waals surface area contributed by atoms with Crippen molar-refractivity contribution in [2.24, 2.45) is 5.41 Å². The Morgan fingerprint density at radius 3 is 2.10 bits per heavy atom. The van der Waals surface area contributed by atoms with Crippen LogP contribution in [0.2, 0.25) is 0 Å². The molecule has 1 aromatic rings. The first-order chi connectivity index (χ1) is 14.7. The summed E-state index contributed by atoms with van der Waals surface area (Å²) in [5.74, 6) is -1.45. The fourth-order valence-corrected chi connectivity index (χ4v) is 4.98. The minimum atomic E-state index is -3.65. The molecule has 1 aliphatic carbocycles. The molecule has 0 radical (unpaired) electrons. The van der Waals surface area contributed by atoms with Crippen molar-refractivity contribution in [3.63, 3.8) is 0 Å². The number of Topliss-reactive ketones (excluding diaryl/α,β-unsaturated/α-hetero) is 1. The van der Waals surface area contributed by atoms with E-state index in [-0.39, 0.29) is 32.1 Å². The fourth-order valence-electron chi connectivity index (χ4n) is 3.43. The van der Waals surface area contributed by atoms with Gasteiger partial charge < -0.3 is 18.7 Å². The number of hydrogen-bond acceptors (Lipinski definition) is 7. The molecule has 0 bridgehead atoms. The summed E-state index contributed by atoms with van der Waals surface area (Å²) in [6.07, 6.45) is 0.330.